The van der Waals surface area contributed by atoms with Crippen LogP contribution in [0.4, 0.5) is 0 Å². The van der Waals surface area contributed by atoms with Crippen LogP contribution in [0.3, 0.4) is 0 Å². The average molecular weight is 270 g/mol. The summed E-state index contributed by atoms with van der Waals surface area (Å²) in [6, 6.07) is 15.1. The van der Waals surface area contributed by atoms with Crippen molar-refractivity contribution >= 4 is 22.4 Å². The second-order valence-corrected chi connectivity index (χ2v) is 4.84. The van der Waals surface area contributed by atoms with Crippen LogP contribution in [0.5, 0.6) is 0 Å². The number of halogens is 1. The van der Waals surface area contributed by atoms with Crippen LogP contribution < -0.4 is 0 Å². The Balaban J connectivity index is 2.14. The molecule has 0 fully saturated rings. The first-order chi connectivity index (χ1) is 9.25. The highest BCUT2D eigenvalue weighted by atomic mass is 35.5. The number of benzene rings is 2. The predicted octanol–water partition coefficient (Wildman–Crippen LogP) is 3.97. The van der Waals surface area contributed by atoms with Crippen molar-refractivity contribution in [3.8, 4) is 0 Å². The first kappa shape index (κ1) is 12.2. The summed E-state index contributed by atoms with van der Waals surface area (Å²) in [6.45, 7) is 0. The number of hydrogen-bond acceptors (Lipinski definition) is 2. The van der Waals surface area contributed by atoms with Crippen LogP contribution in [-0.4, -0.2) is 10.1 Å². The third-order valence-corrected chi connectivity index (χ3v) is 3.39. The largest absolute Gasteiger partial charge is 0.384 e. The van der Waals surface area contributed by atoms with Gasteiger partial charge in [-0.2, -0.15) is 0 Å². The molecule has 2 aromatic carbocycles. The molecular weight excluding hydrogens is 258 g/mol. The van der Waals surface area contributed by atoms with E-state index < -0.39 is 6.10 Å². The highest BCUT2D eigenvalue weighted by molar-refractivity contribution is 6.30. The summed E-state index contributed by atoms with van der Waals surface area (Å²) < 4.78 is 0. The van der Waals surface area contributed by atoms with E-state index in [4.69, 9.17) is 11.6 Å². The zero-order chi connectivity index (χ0) is 13.2. The summed E-state index contributed by atoms with van der Waals surface area (Å²) in [6.07, 6.45) is 2.77. The average Bonchev–Trinajstić information content (AvgIpc) is 2.46. The molecule has 3 heteroatoms. The fourth-order valence-electron chi connectivity index (χ4n) is 2.21. The summed E-state index contributed by atoms with van der Waals surface area (Å²) in [5.74, 6) is 0. The molecule has 0 saturated carbocycles. The molecule has 94 valence electrons. The zero-order valence-electron chi connectivity index (χ0n) is 10.1. The van der Waals surface area contributed by atoms with E-state index in [9.17, 15) is 5.11 Å². The summed E-state index contributed by atoms with van der Waals surface area (Å²) in [5, 5.41) is 13.2. The first-order valence-electron chi connectivity index (χ1n) is 6.02. The van der Waals surface area contributed by atoms with Gasteiger partial charge in [0.1, 0.15) is 6.10 Å². The molecule has 3 aromatic rings. The molecule has 1 aromatic heterocycles. The summed E-state index contributed by atoms with van der Waals surface area (Å²) in [7, 11) is 0. The van der Waals surface area contributed by atoms with Crippen LogP contribution in [0.25, 0.3) is 10.8 Å². The number of aliphatic hydroxyl groups excluding tert-OH is 1. The van der Waals surface area contributed by atoms with Gasteiger partial charge in [0, 0.05) is 28.4 Å². The summed E-state index contributed by atoms with van der Waals surface area (Å²) in [5.41, 5.74) is 1.56. The number of fused-ring (bicyclic) bond motifs is 1. The lowest BCUT2D eigenvalue weighted by atomic mass is 9.98. The Morgan fingerprint density at radius 2 is 1.84 bits per heavy atom. The predicted molar refractivity (Wildman–Crippen MR) is 77.3 cm³/mol. The van der Waals surface area contributed by atoms with Crippen LogP contribution in [0.2, 0.25) is 5.02 Å². The minimum atomic E-state index is -0.725. The van der Waals surface area contributed by atoms with E-state index >= 15 is 0 Å². The van der Waals surface area contributed by atoms with Gasteiger partial charge in [0.2, 0.25) is 0 Å². The van der Waals surface area contributed by atoms with E-state index in [0.29, 0.717) is 5.02 Å². The molecule has 1 unspecified atom stereocenters. The van der Waals surface area contributed by atoms with Crippen LogP contribution in [0.1, 0.15) is 17.2 Å². The lowest BCUT2D eigenvalue weighted by Gasteiger charge is -2.13. The molecule has 1 N–H and O–H groups in total. The Hall–Kier alpha value is -1.90. The fourth-order valence-corrected chi connectivity index (χ4v) is 2.41. The van der Waals surface area contributed by atoms with E-state index in [2.05, 4.69) is 4.98 Å². The molecule has 0 spiro atoms. The molecule has 2 nitrogen and oxygen atoms in total. The topological polar surface area (TPSA) is 33.1 Å². The van der Waals surface area contributed by atoms with Crippen molar-refractivity contribution in [1.82, 2.24) is 4.98 Å². The van der Waals surface area contributed by atoms with Gasteiger partial charge in [-0.05, 0) is 23.1 Å². The molecule has 19 heavy (non-hydrogen) atoms. The molecule has 0 aliphatic heterocycles. The fraction of sp³-hybridized carbons (Fsp3) is 0.0625. The number of aliphatic hydroxyl groups is 1. The van der Waals surface area contributed by atoms with Crippen molar-refractivity contribution in [2.45, 2.75) is 6.10 Å². The number of rotatable bonds is 2. The lowest BCUT2D eigenvalue weighted by molar-refractivity contribution is 0.221. The van der Waals surface area contributed by atoms with E-state index in [0.717, 1.165) is 21.9 Å². The minimum absolute atomic E-state index is 0.616. The van der Waals surface area contributed by atoms with Gasteiger partial charge < -0.3 is 5.11 Å². The van der Waals surface area contributed by atoms with Gasteiger partial charge in [-0.3, -0.25) is 4.98 Å². The summed E-state index contributed by atoms with van der Waals surface area (Å²) in [4.78, 5) is 4.19. The van der Waals surface area contributed by atoms with Crippen molar-refractivity contribution in [3.05, 3.63) is 77.1 Å². The van der Waals surface area contributed by atoms with Gasteiger partial charge in [0.25, 0.3) is 0 Å². The monoisotopic (exact) mass is 269 g/mol. The molecule has 0 amide bonds. The molecule has 0 radical (unpaired) electrons. The van der Waals surface area contributed by atoms with E-state index in [1.165, 1.54) is 0 Å². The smallest absolute Gasteiger partial charge is 0.106 e. The van der Waals surface area contributed by atoms with Gasteiger partial charge >= 0.3 is 0 Å². The van der Waals surface area contributed by atoms with Crippen molar-refractivity contribution in [2.75, 3.05) is 0 Å². The second kappa shape index (κ2) is 5.00. The number of aromatic nitrogens is 1. The zero-order valence-corrected chi connectivity index (χ0v) is 10.9. The summed E-state index contributed by atoms with van der Waals surface area (Å²) >= 11 is 5.97. The molecule has 1 atom stereocenters. The first-order valence-corrected chi connectivity index (χ1v) is 6.39. The van der Waals surface area contributed by atoms with Gasteiger partial charge in [-0.25, -0.2) is 0 Å². The second-order valence-electron chi connectivity index (χ2n) is 4.41. The SMILES string of the molecule is OC(c1cccc(Cl)c1)c1cncc2ccccc12. The van der Waals surface area contributed by atoms with Gasteiger partial charge in [-0.15, -0.1) is 0 Å². The maximum Gasteiger partial charge on any atom is 0.106 e. The number of hydrogen-bond donors (Lipinski definition) is 1. The number of pyridine rings is 1. The molecular formula is C16H12ClNO. The Kier molecular flexibility index (Phi) is 3.20. The van der Waals surface area contributed by atoms with Crippen molar-refractivity contribution in [3.63, 3.8) is 0 Å². The Labute approximate surface area is 116 Å². The highest BCUT2D eigenvalue weighted by Crippen LogP contribution is 2.29. The Morgan fingerprint density at radius 1 is 1.00 bits per heavy atom. The van der Waals surface area contributed by atoms with E-state index in [1.54, 1.807) is 24.5 Å². The van der Waals surface area contributed by atoms with Gasteiger partial charge in [0.15, 0.2) is 0 Å². The molecule has 0 bridgehead atoms. The molecule has 0 aliphatic rings. The van der Waals surface area contributed by atoms with Crippen LogP contribution in [-0.2, 0) is 0 Å². The lowest BCUT2D eigenvalue weighted by Crippen LogP contribution is -2.01. The molecule has 3 rings (SSSR count). The van der Waals surface area contributed by atoms with Crippen molar-refractivity contribution < 1.29 is 5.11 Å². The van der Waals surface area contributed by atoms with Gasteiger partial charge in [-0.1, -0.05) is 48.0 Å². The van der Waals surface area contributed by atoms with Crippen LogP contribution in [0.15, 0.2) is 60.9 Å². The maximum atomic E-state index is 10.5. The quantitative estimate of drug-likeness (QED) is 0.764. The maximum absolute atomic E-state index is 10.5. The van der Waals surface area contributed by atoms with Crippen molar-refractivity contribution in [1.29, 1.82) is 0 Å². The Bertz CT molecular complexity index is 721. The molecule has 0 saturated heterocycles. The van der Waals surface area contributed by atoms with Crippen LogP contribution in [0, 0.1) is 0 Å². The highest BCUT2D eigenvalue weighted by Gasteiger charge is 2.14. The third kappa shape index (κ3) is 2.33. The van der Waals surface area contributed by atoms with Gasteiger partial charge in [0.05, 0.1) is 0 Å². The van der Waals surface area contributed by atoms with E-state index in [-0.39, 0.29) is 0 Å². The molecule has 1 heterocycles. The normalized spacial score (nSPS) is 12.5. The minimum Gasteiger partial charge on any atom is -0.384 e. The van der Waals surface area contributed by atoms with Crippen molar-refractivity contribution in [2.24, 2.45) is 0 Å². The molecule has 0 aliphatic carbocycles. The Morgan fingerprint density at radius 3 is 2.68 bits per heavy atom. The van der Waals surface area contributed by atoms with Crippen LogP contribution >= 0.6 is 11.6 Å². The standard InChI is InChI=1S/C16H12ClNO/c17-13-6-3-5-11(8-13)16(19)15-10-18-9-12-4-1-2-7-14(12)15/h1-10,16,19H. The third-order valence-electron chi connectivity index (χ3n) is 3.16. The van der Waals surface area contributed by atoms with E-state index in [1.807, 2.05) is 36.4 Å². The number of nitrogens with zero attached hydrogens (tertiary/aromatic N) is 1.